The van der Waals surface area contributed by atoms with Gasteiger partial charge in [-0.1, -0.05) is 158 Å². The number of hydrogen-bond acceptors (Lipinski definition) is 2. The zero-order valence-corrected chi connectivity index (χ0v) is 29.9. The van der Waals surface area contributed by atoms with E-state index in [9.17, 15) is 0 Å². The molecule has 0 amide bonds. The number of para-hydroxylation sites is 2. The molecule has 0 saturated carbocycles. The molecule has 10 aromatic rings. The summed E-state index contributed by atoms with van der Waals surface area (Å²) in [6.45, 7) is 0. The highest BCUT2D eigenvalue weighted by Gasteiger charge is 2.52. The fraction of sp³-hybridized carbons (Fsp3) is 0.0189. The van der Waals surface area contributed by atoms with Gasteiger partial charge >= 0.3 is 0 Å². The molecule has 1 aromatic heterocycles. The van der Waals surface area contributed by atoms with Crippen molar-refractivity contribution >= 4 is 49.8 Å². The third-order valence-corrected chi connectivity index (χ3v) is 12.1. The first kappa shape index (κ1) is 30.3. The third-order valence-electron chi connectivity index (χ3n) is 12.1. The summed E-state index contributed by atoms with van der Waals surface area (Å²) >= 11 is 0. The Morgan fingerprint density at radius 1 is 0.364 bits per heavy atom. The molecule has 12 rings (SSSR count). The fourth-order valence-electron chi connectivity index (χ4n) is 9.82. The van der Waals surface area contributed by atoms with Crippen molar-refractivity contribution in [1.29, 1.82) is 0 Å². The van der Waals surface area contributed by atoms with E-state index in [-0.39, 0.29) is 0 Å². The van der Waals surface area contributed by atoms with Crippen LogP contribution >= 0.6 is 0 Å². The minimum Gasteiger partial charge on any atom is -0.455 e. The zero-order valence-electron chi connectivity index (χ0n) is 29.9. The maximum absolute atomic E-state index is 6.77. The molecule has 0 fully saturated rings. The average Bonchev–Trinajstić information content (AvgIpc) is 3.88. The van der Waals surface area contributed by atoms with Gasteiger partial charge in [0.15, 0.2) is 0 Å². The number of hydrogen-bond donors (Lipinski definition) is 0. The van der Waals surface area contributed by atoms with Gasteiger partial charge in [-0.05, 0) is 103 Å². The van der Waals surface area contributed by atoms with Crippen LogP contribution in [-0.4, -0.2) is 0 Å². The first-order valence-corrected chi connectivity index (χ1v) is 19.0. The Labute approximate surface area is 319 Å². The van der Waals surface area contributed by atoms with Crippen molar-refractivity contribution in [3.63, 3.8) is 0 Å². The highest BCUT2D eigenvalue weighted by molar-refractivity contribution is 6.13. The van der Waals surface area contributed by atoms with Crippen LogP contribution in [0.3, 0.4) is 0 Å². The highest BCUT2D eigenvalue weighted by atomic mass is 16.3. The predicted molar refractivity (Wildman–Crippen MR) is 228 cm³/mol. The minimum absolute atomic E-state index is 0.512. The lowest BCUT2D eigenvalue weighted by atomic mass is 9.70. The minimum atomic E-state index is -0.512. The number of furan rings is 1. The molecule has 2 aliphatic rings. The lowest BCUT2D eigenvalue weighted by Gasteiger charge is -2.32. The summed E-state index contributed by atoms with van der Waals surface area (Å²) in [6.07, 6.45) is 0. The van der Waals surface area contributed by atoms with E-state index in [2.05, 4.69) is 205 Å². The predicted octanol–water partition coefficient (Wildman–Crippen LogP) is 14.2. The Morgan fingerprint density at radius 2 is 0.982 bits per heavy atom. The van der Waals surface area contributed by atoms with Crippen molar-refractivity contribution in [2.45, 2.75) is 5.41 Å². The molecule has 0 bridgehead atoms. The van der Waals surface area contributed by atoms with Crippen molar-refractivity contribution in [3.8, 4) is 33.4 Å². The molecule has 55 heavy (non-hydrogen) atoms. The normalized spacial score (nSPS) is 15.0. The van der Waals surface area contributed by atoms with Gasteiger partial charge in [0, 0.05) is 33.4 Å². The first-order chi connectivity index (χ1) is 27.3. The van der Waals surface area contributed by atoms with E-state index in [1.807, 2.05) is 0 Å². The summed E-state index contributed by atoms with van der Waals surface area (Å²) in [5.74, 6) is 0. The van der Waals surface area contributed by atoms with E-state index in [0.717, 1.165) is 39.0 Å². The highest BCUT2D eigenvalue weighted by Crippen LogP contribution is 2.64. The van der Waals surface area contributed by atoms with Gasteiger partial charge in [0.25, 0.3) is 0 Å². The van der Waals surface area contributed by atoms with Crippen LogP contribution in [0, 0.1) is 0 Å². The third kappa shape index (κ3) is 4.14. The van der Waals surface area contributed by atoms with Crippen molar-refractivity contribution in [2.24, 2.45) is 0 Å². The molecule has 1 unspecified atom stereocenters. The molecule has 1 spiro atoms. The molecule has 9 aromatic carbocycles. The number of nitrogens with zero attached hydrogens (tertiary/aromatic N) is 1. The van der Waals surface area contributed by atoms with Crippen LogP contribution in [-0.2, 0) is 5.41 Å². The van der Waals surface area contributed by atoms with Crippen LogP contribution in [0.4, 0.5) is 17.1 Å². The van der Waals surface area contributed by atoms with Crippen molar-refractivity contribution in [3.05, 3.63) is 222 Å². The molecule has 256 valence electrons. The second-order valence-corrected chi connectivity index (χ2v) is 14.8. The summed E-state index contributed by atoms with van der Waals surface area (Å²) < 4.78 is 6.77. The maximum atomic E-state index is 6.77. The van der Waals surface area contributed by atoms with E-state index in [1.165, 1.54) is 66.4 Å². The number of anilines is 3. The van der Waals surface area contributed by atoms with Gasteiger partial charge in [0.2, 0.25) is 0 Å². The molecular formula is C53H33NO. The van der Waals surface area contributed by atoms with Gasteiger partial charge in [-0.25, -0.2) is 0 Å². The molecule has 0 saturated heterocycles. The fourth-order valence-corrected chi connectivity index (χ4v) is 9.82. The first-order valence-electron chi connectivity index (χ1n) is 19.0. The van der Waals surface area contributed by atoms with Crippen molar-refractivity contribution < 1.29 is 4.42 Å². The van der Waals surface area contributed by atoms with Crippen LogP contribution in [0.1, 0.15) is 22.3 Å². The molecule has 2 heteroatoms. The molecule has 1 atom stereocenters. The van der Waals surface area contributed by atoms with Gasteiger partial charge in [-0.2, -0.15) is 0 Å². The topological polar surface area (TPSA) is 16.4 Å². The van der Waals surface area contributed by atoms with Crippen LogP contribution in [0.15, 0.2) is 205 Å². The maximum Gasteiger partial charge on any atom is 0.143 e. The van der Waals surface area contributed by atoms with Gasteiger partial charge < -0.3 is 9.32 Å². The van der Waals surface area contributed by atoms with E-state index in [4.69, 9.17) is 4.42 Å². The summed E-state index contributed by atoms with van der Waals surface area (Å²) in [6, 6.07) is 73.1. The van der Waals surface area contributed by atoms with Gasteiger partial charge in [-0.15, -0.1) is 0 Å². The lowest BCUT2D eigenvalue weighted by molar-refractivity contribution is 0.669. The van der Waals surface area contributed by atoms with E-state index in [1.54, 1.807) is 0 Å². The monoisotopic (exact) mass is 699 g/mol. The van der Waals surface area contributed by atoms with E-state index < -0.39 is 5.41 Å². The number of benzene rings is 9. The van der Waals surface area contributed by atoms with Crippen LogP contribution in [0.2, 0.25) is 0 Å². The molecule has 2 nitrogen and oxygen atoms in total. The quantitative estimate of drug-likeness (QED) is 0.182. The lowest BCUT2D eigenvalue weighted by Crippen LogP contribution is -2.26. The standard InChI is InChI=1S/C53H33NO/c1-2-15-36(16-3-1)54(37-27-25-35(26-28-37)40-21-12-14-34-13-4-5-17-39(34)40)38-29-30-42-41-18-6-9-22-46(41)53(49(42)33-38)47-23-10-7-20-45(47)51-48(53)32-31-44-43-19-8-11-24-50(43)55-52(44)51/h1-33H. The molecule has 0 aliphatic heterocycles. The Hall–Kier alpha value is -7.16. The zero-order chi connectivity index (χ0) is 36.1. The molecule has 0 radical (unpaired) electrons. The largest absolute Gasteiger partial charge is 0.455 e. The van der Waals surface area contributed by atoms with Crippen LogP contribution in [0.25, 0.3) is 66.1 Å². The second kappa shape index (κ2) is 11.4. The molecule has 0 N–H and O–H groups in total. The van der Waals surface area contributed by atoms with Crippen molar-refractivity contribution in [2.75, 3.05) is 4.90 Å². The summed E-state index contributed by atoms with van der Waals surface area (Å²) in [5.41, 5.74) is 17.3. The smallest absolute Gasteiger partial charge is 0.143 e. The van der Waals surface area contributed by atoms with Gasteiger partial charge in [-0.3, -0.25) is 0 Å². The van der Waals surface area contributed by atoms with Crippen molar-refractivity contribution in [1.82, 2.24) is 0 Å². The van der Waals surface area contributed by atoms with E-state index in [0.29, 0.717) is 0 Å². The van der Waals surface area contributed by atoms with Gasteiger partial charge in [0.05, 0.1) is 5.41 Å². The van der Waals surface area contributed by atoms with Gasteiger partial charge in [0.1, 0.15) is 11.2 Å². The second-order valence-electron chi connectivity index (χ2n) is 14.8. The Bertz CT molecular complexity index is 3150. The van der Waals surface area contributed by atoms with Crippen LogP contribution < -0.4 is 4.90 Å². The Morgan fingerprint density at radius 3 is 1.84 bits per heavy atom. The summed E-state index contributed by atoms with van der Waals surface area (Å²) in [5, 5.41) is 4.82. The van der Waals surface area contributed by atoms with Crippen LogP contribution in [0.5, 0.6) is 0 Å². The number of fused-ring (bicyclic) bond motifs is 15. The molecule has 1 heterocycles. The summed E-state index contributed by atoms with van der Waals surface area (Å²) in [4.78, 5) is 2.40. The summed E-state index contributed by atoms with van der Waals surface area (Å²) in [7, 11) is 0. The average molecular weight is 700 g/mol. The molecule has 2 aliphatic carbocycles. The Balaban J connectivity index is 1.09. The van der Waals surface area contributed by atoms with E-state index >= 15 is 0 Å². The molecular weight excluding hydrogens is 667 g/mol. The number of rotatable bonds is 4. The SMILES string of the molecule is c1ccc(N(c2ccc(-c3cccc4ccccc34)cc2)c2ccc3c(c2)C2(c4ccccc4-3)c3ccccc3-c3c2ccc2c3oc3ccccc32)cc1. The Kier molecular flexibility index (Phi) is 6.29.